The van der Waals surface area contributed by atoms with E-state index in [1.807, 2.05) is 5.38 Å². The average Bonchev–Trinajstić information content (AvgIpc) is 3.12. The van der Waals surface area contributed by atoms with Crippen LogP contribution in [0, 0.1) is 0 Å². The Labute approximate surface area is 146 Å². The predicted octanol–water partition coefficient (Wildman–Crippen LogP) is 3.82. The topological polar surface area (TPSA) is 83.3 Å². The van der Waals surface area contributed by atoms with Gasteiger partial charge in [0.25, 0.3) is 0 Å². The molecule has 0 unspecified atom stereocenters. The smallest absolute Gasteiger partial charge is 0.224 e. The maximum Gasteiger partial charge on any atom is 0.224 e. The van der Waals surface area contributed by atoms with Crippen LogP contribution in [0.2, 0.25) is 0 Å². The highest BCUT2D eigenvalue weighted by Gasteiger charge is 2.17. The minimum Gasteiger partial charge on any atom is -0.393 e. The zero-order valence-corrected chi connectivity index (χ0v) is 14.7. The van der Waals surface area contributed by atoms with Gasteiger partial charge in [0.2, 0.25) is 5.95 Å². The lowest BCUT2D eigenvalue weighted by Gasteiger charge is -2.18. The van der Waals surface area contributed by atoms with E-state index in [9.17, 15) is 5.11 Å². The highest BCUT2D eigenvalue weighted by molar-refractivity contribution is 7.13. The van der Waals surface area contributed by atoms with Gasteiger partial charge < -0.3 is 10.4 Å². The molecule has 0 aliphatic heterocycles. The van der Waals surface area contributed by atoms with E-state index < -0.39 is 0 Å². The summed E-state index contributed by atoms with van der Waals surface area (Å²) in [6.07, 6.45) is 8.79. The van der Waals surface area contributed by atoms with E-state index in [1.165, 1.54) is 0 Å². The second kappa shape index (κ2) is 8.30. The lowest BCUT2D eigenvalue weighted by molar-refractivity contribution is 0.152. The van der Waals surface area contributed by atoms with Crippen molar-refractivity contribution in [2.45, 2.75) is 51.6 Å². The first-order valence-corrected chi connectivity index (χ1v) is 9.39. The summed E-state index contributed by atoms with van der Waals surface area (Å²) in [6, 6.07) is 0. The highest BCUT2D eigenvalue weighted by Crippen LogP contribution is 2.31. The van der Waals surface area contributed by atoms with Crippen LogP contribution in [0.3, 0.4) is 0 Å². The molecule has 6 nitrogen and oxygen atoms in total. The quantitative estimate of drug-likeness (QED) is 0.778. The summed E-state index contributed by atoms with van der Waals surface area (Å²) in [5.41, 5.74) is 1.96. The number of aliphatic hydroxyl groups excluding tert-OH is 1. The van der Waals surface area contributed by atoms with Gasteiger partial charge in [0, 0.05) is 30.0 Å². The van der Waals surface area contributed by atoms with E-state index in [0.29, 0.717) is 11.8 Å². The molecule has 0 radical (unpaired) electrons. The Balaban J connectivity index is 1.87. The molecule has 1 saturated carbocycles. The zero-order chi connectivity index (χ0) is 16.8. The molecule has 2 heterocycles. The van der Waals surface area contributed by atoms with Gasteiger partial charge >= 0.3 is 0 Å². The molecule has 0 amide bonds. The standard InChI is InChI=1S/C17H23N5OS/c1-2-3-8-19-17-20-11-14(16-18-9-10-24-16)15(22-17)21-12-4-6-13(23)7-5-12/h9-11,13,23H,2-8H2,1H3,(H,19,20,22). The third-order valence-corrected chi connectivity index (χ3v) is 4.85. The number of thiazole rings is 1. The minimum absolute atomic E-state index is 0.195. The van der Waals surface area contributed by atoms with Crippen molar-refractivity contribution in [2.24, 2.45) is 4.99 Å². The van der Waals surface area contributed by atoms with Gasteiger partial charge in [0.15, 0.2) is 5.82 Å². The molecule has 2 aromatic rings. The van der Waals surface area contributed by atoms with E-state index in [1.54, 1.807) is 23.7 Å². The van der Waals surface area contributed by atoms with Gasteiger partial charge in [-0.2, -0.15) is 4.98 Å². The van der Waals surface area contributed by atoms with Crippen molar-refractivity contribution in [3.05, 3.63) is 17.8 Å². The SMILES string of the molecule is CCCCNc1ncc(-c2nccs2)c(N=C2CCC(O)CC2)n1. The maximum atomic E-state index is 9.66. The van der Waals surface area contributed by atoms with Crippen LogP contribution in [0.4, 0.5) is 11.8 Å². The Kier molecular flexibility index (Phi) is 5.87. The van der Waals surface area contributed by atoms with Gasteiger partial charge in [-0.3, -0.25) is 0 Å². The van der Waals surface area contributed by atoms with Crippen molar-refractivity contribution < 1.29 is 5.11 Å². The van der Waals surface area contributed by atoms with Crippen molar-refractivity contribution in [2.75, 3.05) is 11.9 Å². The minimum atomic E-state index is -0.195. The first-order chi connectivity index (χ1) is 11.8. The van der Waals surface area contributed by atoms with Crippen LogP contribution in [0.1, 0.15) is 45.4 Å². The Morgan fingerprint density at radius 1 is 1.33 bits per heavy atom. The van der Waals surface area contributed by atoms with E-state index in [0.717, 1.165) is 61.4 Å². The van der Waals surface area contributed by atoms with Crippen LogP contribution in [-0.2, 0) is 0 Å². The maximum absolute atomic E-state index is 9.66. The molecule has 24 heavy (non-hydrogen) atoms. The van der Waals surface area contributed by atoms with Gasteiger partial charge in [-0.25, -0.2) is 15.0 Å². The molecule has 1 aliphatic carbocycles. The number of anilines is 1. The number of nitrogens with one attached hydrogen (secondary N) is 1. The van der Waals surface area contributed by atoms with Gasteiger partial charge in [-0.05, 0) is 32.1 Å². The molecular formula is C17H23N5OS. The second-order valence-electron chi connectivity index (χ2n) is 5.96. The zero-order valence-electron chi connectivity index (χ0n) is 13.9. The summed E-state index contributed by atoms with van der Waals surface area (Å²) in [4.78, 5) is 18.2. The number of aliphatic hydroxyl groups is 1. The van der Waals surface area contributed by atoms with Gasteiger partial charge in [0.05, 0.1) is 11.7 Å². The molecule has 128 valence electrons. The van der Waals surface area contributed by atoms with Crippen LogP contribution in [-0.4, -0.2) is 38.4 Å². The summed E-state index contributed by atoms with van der Waals surface area (Å²) in [6.45, 7) is 3.01. The molecule has 1 fully saturated rings. The van der Waals surface area contributed by atoms with Crippen LogP contribution in [0.5, 0.6) is 0 Å². The molecule has 0 spiro atoms. The molecule has 0 atom stereocenters. The average molecular weight is 345 g/mol. The van der Waals surface area contributed by atoms with Crippen LogP contribution < -0.4 is 5.32 Å². The third-order valence-electron chi connectivity index (χ3n) is 4.04. The van der Waals surface area contributed by atoms with E-state index in [-0.39, 0.29) is 6.10 Å². The number of aromatic nitrogens is 3. The summed E-state index contributed by atoms with van der Waals surface area (Å²) >= 11 is 1.56. The van der Waals surface area contributed by atoms with Crippen molar-refractivity contribution in [1.29, 1.82) is 0 Å². The lowest BCUT2D eigenvalue weighted by atomic mass is 9.96. The fraction of sp³-hybridized carbons (Fsp3) is 0.529. The van der Waals surface area contributed by atoms with Gasteiger partial charge in [0.1, 0.15) is 5.01 Å². The molecule has 7 heteroatoms. The molecule has 2 aromatic heterocycles. The molecular weight excluding hydrogens is 322 g/mol. The van der Waals surface area contributed by atoms with E-state index in [2.05, 4.69) is 27.2 Å². The molecule has 3 rings (SSSR count). The molecule has 0 aromatic carbocycles. The number of hydrogen-bond donors (Lipinski definition) is 2. The number of aliphatic imine (C=N–C) groups is 1. The van der Waals surface area contributed by atoms with Gasteiger partial charge in [-0.15, -0.1) is 11.3 Å². The predicted molar refractivity (Wildman–Crippen MR) is 98.1 cm³/mol. The Hall–Kier alpha value is -1.86. The summed E-state index contributed by atoms with van der Waals surface area (Å²) in [5.74, 6) is 1.28. The monoisotopic (exact) mass is 345 g/mol. The van der Waals surface area contributed by atoms with Gasteiger partial charge in [-0.1, -0.05) is 13.3 Å². The Morgan fingerprint density at radius 3 is 2.88 bits per heavy atom. The summed E-state index contributed by atoms with van der Waals surface area (Å²) < 4.78 is 0. The van der Waals surface area contributed by atoms with Crippen LogP contribution in [0.15, 0.2) is 22.8 Å². The number of rotatable bonds is 6. The first kappa shape index (κ1) is 17.0. The largest absolute Gasteiger partial charge is 0.393 e. The van der Waals surface area contributed by atoms with E-state index in [4.69, 9.17) is 4.99 Å². The Morgan fingerprint density at radius 2 is 2.17 bits per heavy atom. The highest BCUT2D eigenvalue weighted by atomic mass is 32.1. The summed E-state index contributed by atoms with van der Waals surface area (Å²) in [7, 11) is 0. The van der Waals surface area contributed by atoms with Crippen molar-refractivity contribution in [3.8, 4) is 10.6 Å². The fourth-order valence-corrected chi connectivity index (χ4v) is 3.27. The third kappa shape index (κ3) is 4.36. The second-order valence-corrected chi connectivity index (χ2v) is 6.85. The van der Waals surface area contributed by atoms with Crippen molar-refractivity contribution >= 4 is 28.8 Å². The van der Waals surface area contributed by atoms with Crippen molar-refractivity contribution in [1.82, 2.24) is 15.0 Å². The normalized spacial score (nSPS) is 17.8. The number of nitrogens with zero attached hydrogens (tertiary/aromatic N) is 4. The van der Waals surface area contributed by atoms with Crippen LogP contribution in [0.25, 0.3) is 10.6 Å². The summed E-state index contributed by atoms with van der Waals surface area (Å²) in [5, 5.41) is 15.7. The molecule has 0 bridgehead atoms. The number of hydrogen-bond acceptors (Lipinski definition) is 7. The van der Waals surface area contributed by atoms with Crippen molar-refractivity contribution in [3.63, 3.8) is 0 Å². The van der Waals surface area contributed by atoms with Crippen LogP contribution >= 0.6 is 11.3 Å². The molecule has 0 saturated heterocycles. The lowest BCUT2D eigenvalue weighted by Crippen LogP contribution is -2.17. The first-order valence-electron chi connectivity index (χ1n) is 8.51. The molecule has 1 aliphatic rings. The van der Waals surface area contributed by atoms with E-state index >= 15 is 0 Å². The Bertz CT molecular complexity index is 676. The molecule has 2 N–H and O–H groups in total. The fourth-order valence-electron chi connectivity index (χ4n) is 2.62. The number of unbranched alkanes of at least 4 members (excludes halogenated alkanes) is 1.